The molecule has 6 heterocycles. The van der Waals surface area contributed by atoms with Gasteiger partial charge in [-0.25, -0.2) is 9.97 Å². The number of thiophene rings is 2. The van der Waals surface area contributed by atoms with Gasteiger partial charge in [-0.1, -0.05) is 35.5 Å². The van der Waals surface area contributed by atoms with Crippen LogP contribution >= 0.6 is 38.6 Å². The molecule has 278 valence electrons. The number of rotatable bonds is 5. The first-order chi connectivity index (χ1) is 23.4. The molecule has 1 aliphatic rings. The van der Waals surface area contributed by atoms with Gasteiger partial charge < -0.3 is 32.3 Å². The molecule has 65 heavy (non-hydrogen) atoms. The molecule has 0 unspecified atom stereocenters. The first kappa shape index (κ1) is 108. The zero-order valence-electron chi connectivity index (χ0n) is 57.8. The van der Waals surface area contributed by atoms with E-state index in [1.54, 1.807) is 41.9 Å². The smallest absolute Gasteiger partial charge is 1.00 e. The predicted molar refractivity (Wildman–Crippen MR) is 223 cm³/mol. The predicted octanol–water partition coefficient (Wildman–Crippen LogP) is -36.6. The summed E-state index contributed by atoms with van der Waals surface area (Å²) >= 11 is 6.22. The normalized spacial score (nSPS) is 9.46. The van der Waals surface area contributed by atoms with Crippen LogP contribution < -0.4 is 843 Å². The van der Waals surface area contributed by atoms with Crippen molar-refractivity contribution in [1.29, 1.82) is 0 Å². The molecule has 0 atom stereocenters. The molecule has 6 aromatic heterocycles. The molecule has 8 aromatic rings. The molecule has 0 bridgehead atoms. The number of nitrogens with zero attached hydrogens (tertiary/aromatic N) is 4. The summed E-state index contributed by atoms with van der Waals surface area (Å²) in [6.07, 6.45) is 9.61. The van der Waals surface area contributed by atoms with Crippen molar-refractivity contribution in [1.82, 2.24) is 19.1 Å². The summed E-state index contributed by atoms with van der Waals surface area (Å²) in [5.41, 5.74) is 3.04. The van der Waals surface area contributed by atoms with Crippen molar-refractivity contribution < 1.29 is 854 Å². The third kappa shape index (κ3) is 31.0. The molecule has 0 spiro atoms. The number of fused-ring (bicyclic) bond motifs is 6. The number of benzene rings is 2. The van der Waals surface area contributed by atoms with Crippen molar-refractivity contribution in [2.24, 2.45) is 0 Å². The van der Waals surface area contributed by atoms with Gasteiger partial charge in [0.25, 0.3) is 11.1 Å². The second kappa shape index (κ2) is 58.0. The summed E-state index contributed by atoms with van der Waals surface area (Å²) in [6, 6.07) is 23.6. The molecule has 1 fully saturated rings. The van der Waals surface area contributed by atoms with Gasteiger partial charge >= 0.3 is 822 Å². The first-order valence-electron chi connectivity index (χ1n) is 15.2. The second-order valence-corrected chi connectivity index (χ2v) is 14.3. The average Bonchev–Trinajstić information content (AvgIpc) is 3.79. The average molecular weight is 1390 g/mol. The van der Waals surface area contributed by atoms with Gasteiger partial charge in [-0.3, -0.25) is 18.7 Å². The Morgan fingerprint density at radius 3 is 1.20 bits per heavy atom. The van der Waals surface area contributed by atoms with Crippen molar-refractivity contribution >= 4 is 79.2 Å². The van der Waals surface area contributed by atoms with Crippen LogP contribution in [-0.2, 0) is 0 Å². The number of hydrogen-bond acceptors (Lipinski definition) is 8. The van der Waals surface area contributed by atoms with E-state index in [0.29, 0.717) is 9.40 Å². The Labute approximate surface area is 1100 Å². The number of methoxy groups -OCH3 is 2. The molecule has 27 heteroatoms. The molecule has 0 saturated heterocycles. The van der Waals surface area contributed by atoms with Crippen molar-refractivity contribution in [3.8, 4) is 22.9 Å². The summed E-state index contributed by atoms with van der Waals surface area (Å²) in [5, 5.41) is 3.60. The van der Waals surface area contributed by atoms with Gasteiger partial charge in [0.1, 0.15) is 30.6 Å². The number of halogens is 1. The van der Waals surface area contributed by atoms with Crippen LogP contribution in [0.15, 0.2) is 112 Å². The van der Waals surface area contributed by atoms with Crippen molar-refractivity contribution in [3.63, 3.8) is 0 Å². The van der Waals surface area contributed by atoms with Crippen LogP contribution in [0, 0.1) is 0 Å². The summed E-state index contributed by atoms with van der Waals surface area (Å²) in [6.45, 7) is 0. The Morgan fingerprint density at radius 2 is 0.877 bits per heavy atom. The SMILES string of the molecule is C.COc1ccnc2sc3c(=O)n(-c4ccc(Br)cc4)ccc3c12.COc1ccnc2sc3c(=O)n(-c4ccc(C5CC5)cc4)ccc3c12.[H-].[H-].[H-].[H-].[H-].[H-].[H-].[H-].[H-].[H-].[H-].[H-].[H-].[H-].[H-].[H-].[K+].[K+].[K+].[K+].[K+].[K+].[K+].[K+].[K+].[K+].[K+].[K+].[K+].[K+].[K+].[K+]. The first-order valence-corrected chi connectivity index (χ1v) is 17.7. The number of hydrogen-bond donors (Lipinski definition) is 0. The zero-order chi connectivity index (χ0) is 32.9. The van der Waals surface area contributed by atoms with E-state index in [-0.39, 0.29) is 864 Å². The summed E-state index contributed by atoms with van der Waals surface area (Å²) in [5.74, 6) is 2.21. The summed E-state index contributed by atoms with van der Waals surface area (Å²) < 4.78 is 16.6. The monoisotopic (exact) mass is 1390 g/mol. The molecule has 0 aliphatic heterocycles. The van der Waals surface area contributed by atoms with Crippen LogP contribution in [0.4, 0.5) is 0 Å². The van der Waals surface area contributed by atoms with E-state index >= 15 is 0 Å². The zero-order valence-corrected chi connectivity index (χ0v) is 95.0. The largest absolute Gasteiger partial charge is 1.00 e. The maximum atomic E-state index is 13.0. The van der Waals surface area contributed by atoms with E-state index in [1.165, 1.54) is 41.1 Å². The standard InChI is InChI=1S/C20H16N2O2S.C17H11BrN2O2S.CH4.16K.16H/c1-24-16-8-10-21-19-17(16)15-9-11-22(20(23)18(15)25-19)14-6-4-13(5-7-14)12-2-3-12;1-22-13-6-8-19-16-14(13)12-7-9-20(17(21)15(12)23-16)11-4-2-10(18)3-5-11;;;;;;;;;;;;;;;;;;;;;;;;;;;;;;;;;/h4-12H,2-3H2,1H3;2-9H,1H3;1H4;;;;;;;;;;;;;;;;;;;;;;;;;;;;;;;;/q;;;16*+1;16*-1. The Balaban J connectivity index is -0.0000000221. The molecule has 1 saturated carbocycles. The number of aromatic nitrogens is 4. The third-order valence-corrected chi connectivity index (χ3v) is 11.3. The molecule has 8 nitrogen and oxygen atoms in total. The van der Waals surface area contributed by atoms with Gasteiger partial charge in [-0.15, -0.1) is 22.7 Å². The number of ether oxygens (including phenoxy) is 2. The molecular weight excluding hydrogens is 1350 g/mol. The second-order valence-electron chi connectivity index (χ2n) is 11.4. The van der Waals surface area contributed by atoms with Crippen LogP contribution in [-0.4, -0.2) is 33.3 Å². The Hall–Kier alpha value is 21.3. The van der Waals surface area contributed by atoms with Crippen LogP contribution in [0.2, 0.25) is 0 Å². The third-order valence-electron chi connectivity index (χ3n) is 8.55. The van der Waals surface area contributed by atoms with Crippen LogP contribution in [0.5, 0.6) is 11.5 Å². The van der Waals surface area contributed by atoms with E-state index in [1.807, 2.05) is 66.9 Å². The van der Waals surface area contributed by atoms with Crippen molar-refractivity contribution in [2.45, 2.75) is 26.2 Å². The minimum atomic E-state index is -0.0464. The topological polar surface area (TPSA) is 88.2 Å². The van der Waals surface area contributed by atoms with E-state index < -0.39 is 0 Å². The molecule has 0 amide bonds. The fourth-order valence-electron chi connectivity index (χ4n) is 5.99. The van der Waals surface area contributed by atoms with E-state index in [0.717, 1.165) is 64.5 Å². The van der Waals surface area contributed by atoms with Crippen LogP contribution in [0.3, 0.4) is 0 Å². The fourth-order valence-corrected chi connectivity index (χ4v) is 8.43. The van der Waals surface area contributed by atoms with Crippen LogP contribution in [0.1, 0.15) is 54.6 Å². The van der Waals surface area contributed by atoms with E-state index in [9.17, 15) is 9.59 Å². The van der Waals surface area contributed by atoms with Gasteiger partial charge in [0.2, 0.25) is 0 Å². The van der Waals surface area contributed by atoms with Crippen molar-refractivity contribution in [3.05, 3.63) is 128 Å². The van der Waals surface area contributed by atoms with Gasteiger partial charge in [0.05, 0.1) is 25.0 Å². The van der Waals surface area contributed by atoms with Gasteiger partial charge in [0, 0.05) is 51.4 Å². The summed E-state index contributed by atoms with van der Waals surface area (Å²) in [7, 11) is 3.27. The Morgan fingerprint density at radius 1 is 0.538 bits per heavy atom. The molecule has 0 radical (unpaired) electrons. The maximum absolute atomic E-state index is 13.0. The van der Waals surface area contributed by atoms with Gasteiger partial charge in [-0.2, -0.15) is 0 Å². The van der Waals surface area contributed by atoms with Crippen LogP contribution in [0.25, 0.3) is 52.0 Å². The van der Waals surface area contributed by atoms with Gasteiger partial charge in [-0.05, 0) is 85.0 Å². The maximum Gasteiger partial charge on any atom is 1.00 e. The molecule has 2 aromatic carbocycles. The molecule has 0 N–H and O–H groups in total. The molecular formula is C38H47BrK16N4O4S2. The van der Waals surface area contributed by atoms with E-state index in [4.69, 9.17) is 9.47 Å². The minimum absolute atomic E-state index is 0. The van der Waals surface area contributed by atoms with E-state index in [2.05, 4.69) is 38.0 Å². The molecule has 1 aliphatic carbocycles. The Kier molecular flexibility index (Phi) is 96.2. The number of pyridine rings is 4. The quantitative estimate of drug-likeness (QED) is 0.160. The Bertz CT molecular complexity index is 2710. The molecule has 9 rings (SSSR count). The van der Waals surface area contributed by atoms with Crippen molar-refractivity contribution in [2.75, 3.05) is 14.2 Å². The van der Waals surface area contributed by atoms with Gasteiger partial charge in [0.15, 0.2) is 0 Å². The summed E-state index contributed by atoms with van der Waals surface area (Å²) in [4.78, 5) is 36.3. The fraction of sp³-hybridized carbons (Fsp3) is 0.158. The minimum Gasteiger partial charge on any atom is -1.00 e.